The molecule has 0 aliphatic rings. The van der Waals surface area contributed by atoms with Crippen LogP contribution >= 0.6 is 0 Å². The second kappa shape index (κ2) is 12.7. The van der Waals surface area contributed by atoms with Gasteiger partial charge in [0.25, 0.3) is 0 Å². The lowest BCUT2D eigenvalue weighted by molar-refractivity contribution is 1.18. The summed E-state index contributed by atoms with van der Waals surface area (Å²) in [5, 5.41) is 4.87. The predicted octanol–water partition coefficient (Wildman–Crippen LogP) is 12.2. The molecule has 0 spiro atoms. The average molecular weight is 638 g/mol. The largest absolute Gasteiger partial charge is 0.256 e. The van der Waals surface area contributed by atoms with Gasteiger partial charge in [-0.2, -0.15) is 0 Å². The Balaban J connectivity index is 1.28. The van der Waals surface area contributed by atoms with Crippen LogP contribution < -0.4 is 0 Å². The molecule has 3 nitrogen and oxygen atoms in total. The second-order valence-corrected chi connectivity index (χ2v) is 12.5. The number of pyridine rings is 1. The highest BCUT2D eigenvalue weighted by molar-refractivity contribution is 6.14. The number of hydrogen-bond acceptors (Lipinski definition) is 3. The van der Waals surface area contributed by atoms with E-state index in [2.05, 4.69) is 140 Å². The topological polar surface area (TPSA) is 38.7 Å². The third-order valence-electron chi connectivity index (χ3n) is 9.30. The zero-order valence-corrected chi connectivity index (χ0v) is 27.2. The molecule has 0 saturated heterocycles. The Hall–Kier alpha value is -6.71. The van der Waals surface area contributed by atoms with E-state index in [0.29, 0.717) is 5.82 Å². The Kier molecular flexibility index (Phi) is 7.49. The number of hydrogen-bond donors (Lipinski definition) is 0. The highest BCUT2D eigenvalue weighted by Crippen LogP contribution is 2.39. The molecule has 2 heterocycles. The van der Waals surface area contributed by atoms with Gasteiger partial charge in [-0.1, -0.05) is 146 Å². The number of benzene rings is 7. The SMILES string of the molecule is c1ccc(-c2ccc(-c3cc(-c4nc(-c5ccccc5)cc(-c5ccccc5)n4)cc(-c4cc5ccccc5c5ccccc45)c3)nc2)cc1. The van der Waals surface area contributed by atoms with Crippen molar-refractivity contribution < 1.29 is 0 Å². The van der Waals surface area contributed by atoms with Gasteiger partial charge >= 0.3 is 0 Å². The van der Waals surface area contributed by atoms with Crippen LogP contribution in [0.5, 0.6) is 0 Å². The van der Waals surface area contributed by atoms with Crippen LogP contribution in [0.25, 0.3) is 89.0 Å². The third kappa shape index (κ3) is 5.61. The molecule has 0 bridgehead atoms. The highest BCUT2D eigenvalue weighted by Gasteiger charge is 2.16. The van der Waals surface area contributed by atoms with Crippen molar-refractivity contribution in [2.24, 2.45) is 0 Å². The summed E-state index contributed by atoms with van der Waals surface area (Å²) in [6, 6.07) is 63.6. The summed E-state index contributed by atoms with van der Waals surface area (Å²) >= 11 is 0. The van der Waals surface area contributed by atoms with Gasteiger partial charge in [0.15, 0.2) is 5.82 Å². The molecular formula is C47H31N3. The lowest BCUT2D eigenvalue weighted by atomic mass is 9.91. The smallest absolute Gasteiger partial charge is 0.160 e. The normalized spacial score (nSPS) is 11.2. The first-order valence-corrected chi connectivity index (χ1v) is 16.8. The number of aromatic nitrogens is 3. The first-order valence-electron chi connectivity index (χ1n) is 16.8. The van der Waals surface area contributed by atoms with E-state index in [1.165, 1.54) is 21.5 Å². The van der Waals surface area contributed by atoms with E-state index in [0.717, 1.165) is 61.6 Å². The van der Waals surface area contributed by atoms with Gasteiger partial charge in [0.2, 0.25) is 0 Å². The van der Waals surface area contributed by atoms with Gasteiger partial charge in [-0.15, -0.1) is 0 Å². The van der Waals surface area contributed by atoms with Crippen LogP contribution in [0, 0.1) is 0 Å². The van der Waals surface area contributed by atoms with Gasteiger partial charge in [0.05, 0.1) is 17.1 Å². The van der Waals surface area contributed by atoms with Gasteiger partial charge in [0.1, 0.15) is 0 Å². The van der Waals surface area contributed by atoms with Crippen LogP contribution in [0.2, 0.25) is 0 Å². The molecule has 9 rings (SSSR count). The maximum absolute atomic E-state index is 5.20. The fourth-order valence-electron chi connectivity index (χ4n) is 6.81. The summed E-state index contributed by atoms with van der Waals surface area (Å²) in [6.45, 7) is 0. The van der Waals surface area contributed by atoms with Gasteiger partial charge in [-0.05, 0) is 74.6 Å². The predicted molar refractivity (Wildman–Crippen MR) is 207 cm³/mol. The van der Waals surface area contributed by atoms with Gasteiger partial charge in [0, 0.05) is 34.0 Å². The minimum atomic E-state index is 0.666. The maximum atomic E-state index is 5.20. The van der Waals surface area contributed by atoms with Crippen LogP contribution in [-0.4, -0.2) is 15.0 Å². The molecule has 0 amide bonds. The summed E-state index contributed by atoms with van der Waals surface area (Å²) in [6.07, 6.45) is 1.96. The van der Waals surface area contributed by atoms with Gasteiger partial charge in [-0.25, -0.2) is 9.97 Å². The lowest BCUT2D eigenvalue weighted by Crippen LogP contribution is -1.97. The minimum Gasteiger partial charge on any atom is -0.256 e. The zero-order valence-electron chi connectivity index (χ0n) is 27.2. The minimum absolute atomic E-state index is 0.666. The number of fused-ring (bicyclic) bond motifs is 3. The first kappa shape index (κ1) is 29.4. The van der Waals surface area contributed by atoms with E-state index in [9.17, 15) is 0 Å². The molecule has 0 N–H and O–H groups in total. The van der Waals surface area contributed by atoms with E-state index in [1.54, 1.807) is 0 Å². The highest BCUT2D eigenvalue weighted by atomic mass is 14.9. The molecule has 0 aliphatic heterocycles. The van der Waals surface area contributed by atoms with Crippen molar-refractivity contribution in [3.63, 3.8) is 0 Å². The molecule has 0 saturated carbocycles. The van der Waals surface area contributed by atoms with Crippen LogP contribution in [0.15, 0.2) is 188 Å². The monoisotopic (exact) mass is 637 g/mol. The fourth-order valence-corrected chi connectivity index (χ4v) is 6.81. The molecule has 0 aliphatic carbocycles. The molecular weight excluding hydrogens is 607 g/mol. The zero-order chi connectivity index (χ0) is 33.3. The summed E-state index contributed by atoms with van der Waals surface area (Å²) in [4.78, 5) is 15.4. The molecule has 9 aromatic rings. The Morgan fingerprint density at radius 1 is 0.300 bits per heavy atom. The Labute approximate surface area is 291 Å². The quantitative estimate of drug-likeness (QED) is 0.170. The lowest BCUT2D eigenvalue weighted by Gasteiger charge is -2.15. The van der Waals surface area contributed by atoms with Gasteiger partial charge in [-0.3, -0.25) is 4.98 Å². The van der Waals surface area contributed by atoms with Crippen molar-refractivity contribution in [3.05, 3.63) is 188 Å². The molecule has 3 heteroatoms. The summed E-state index contributed by atoms with van der Waals surface area (Å²) < 4.78 is 0. The molecule has 7 aromatic carbocycles. The molecule has 0 unspecified atom stereocenters. The van der Waals surface area contributed by atoms with Crippen LogP contribution in [0.4, 0.5) is 0 Å². The van der Waals surface area contributed by atoms with Crippen LogP contribution in [0.3, 0.4) is 0 Å². The third-order valence-corrected chi connectivity index (χ3v) is 9.30. The van der Waals surface area contributed by atoms with Crippen LogP contribution in [0.1, 0.15) is 0 Å². The summed E-state index contributed by atoms with van der Waals surface area (Å²) in [5.41, 5.74) is 11.1. The van der Waals surface area contributed by atoms with Crippen LogP contribution in [-0.2, 0) is 0 Å². The number of nitrogens with zero attached hydrogens (tertiary/aromatic N) is 3. The van der Waals surface area contributed by atoms with E-state index in [-0.39, 0.29) is 0 Å². The molecule has 2 aromatic heterocycles. The molecule has 0 radical (unpaired) electrons. The average Bonchev–Trinajstić information content (AvgIpc) is 3.21. The van der Waals surface area contributed by atoms with Gasteiger partial charge < -0.3 is 0 Å². The maximum Gasteiger partial charge on any atom is 0.160 e. The van der Waals surface area contributed by atoms with E-state index >= 15 is 0 Å². The fraction of sp³-hybridized carbons (Fsp3) is 0. The number of rotatable bonds is 6. The standard InChI is InChI=1S/C47H31N3/c1-4-14-32(15-5-1)36-24-25-44(48-31-36)38-26-37(43-29-35-20-10-11-21-40(35)41-22-12-13-23-42(41)43)27-39(28-38)47-49-45(33-16-6-2-7-17-33)30-46(50-47)34-18-8-3-9-19-34/h1-31H. The van der Waals surface area contributed by atoms with Crippen molar-refractivity contribution in [3.8, 4) is 67.4 Å². The van der Waals surface area contributed by atoms with E-state index in [1.807, 2.05) is 48.7 Å². The first-order chi connectivity index (χ1) is 24.8. The molecule has 0 atom stereocenters. The van der Waals surface area contributed by atoms with E-state index in [4.69, 9.17) is 15.0 Å². The summed E-state index contributed by atoms with van der Waals surface area (Å²) in [5.74, 6) is 0.666. The van der Waals surface area contributed by atoms with Crippen molar-refractivity contribution in [2.45, 2.75) is 0 Å². The van der Waals surface area contributed by atoms with Crippen molar-refractivity contribution in [2.75, 3.05) is 0 Å². The van der Waals surface area contributed by atoms with Crippen molar-refractivity contribution >= 4 is 21.5 Å². The molecule has 234 valence electrons. The summed E-state index contributed by atoms with van der Waals surface area (Å²) in [7, 11) is 0. The Bertz CT molecular complexity index is 2560. The Morgan fingerprint density at radius 2 is 0.840 bits per heavy atom. The molecule has 0 fully saturated rings. The molecule has 50 heavy (non-hydrogen) atoms. The second-order valence-electron chi connectivity index (χ2n) is 12.5. The Morgan fingerprint density at radius 3 is 1.48 bits per heavy atom. The van der Waals surface area contributed by atoms with Crippen molar-refractivity contribution in [1.82, 2.24) is 15.0 Å². The van der Waals surface area contributed by atoms with E-state index < -0.39 is 0 Å². The van der Waals surface area contributed by atoms with Crippen molar-refractivity contribution in [1.29, 1.82) is 0 Å².